The number of aldehydes is 1. The van der Waals surface area contributed by atoms with Gasteiger partial charge in [0.1, 0.15) is 6.29 Å². The van der Waals surface area contributed by atoms with Gasteiger partial charge in [0, 0.05) is 6.42 Å². The third kappa shape index (κ3) is 5.42. The van der Waals surface area contributed by atoms with Crippen molar-refractivity contribution in [2.24, 2.45) is 5.92 Å². The zero-order chi connectivity index (χ0) is 8.69. The minimum Gasteiger partial charge on any atom is -0.303 e. The summed E-state index contributed by atoms with van der Waals surface area (Å²) in [6.45, 7) is 3.93. The van der Waals surface area contributed by atoms with Crippen molar-refractivity contribution in [2.75, 3.05) is 0 Å². The van der Waals surface area contributed by atoms with Gasteiger partial charge in [-0.15, -0.1) is 6.42 Å². The van der Waals surface area contributed by atoms with Crippen LogP contribution in [0.15, 0.2) is 11.6 Å². The van der Waals surface area contributed by atoms with Gasteiger partial charge in [0.05, 0.1) is 0 Å². The Balaban J connectivity index is 3.70. The predicted molar refractivity (Wildman–Crippen MR) is 47.1 cm³/mol. The predicted octanol–water partition coefficient (Wildman–Crippen LogP) is 2.18. The van der Waals surface area contributed by atoms with Gasteiger partial charge < -0.3 is 4.79 Å². The molecule has 0 N–H and O–H groups in total. The standard InChI is InChI=1S/C10H14O/c1-4-9(2)5-6-10(3)7-8-11/h1,5,8,10H,6-7H2,2-3H3/b9-5+. The van der Waals surface area contributed by atoms with E-state index in [2.05, 4.69) is 5.92 Å². The van der Waals surface area contributed by atoms with Crippen molar-refractivity contribution in [3.63, 3.8) is 0 Å². The van der Waals surface area contributed by atoms with E-state index in [0.29, 0.717) is 12.3 Å². The highest BCUT2D eigenvalue weighted by Crippen LogP contribution is 2.07. The van der Waals surface area contributed by atoms with E-state index in [1.807, 2.05) is 19.9 Å². The Bertz CT molecular complexity index is 184. The van der Waals surface area contributed by atoms with Crippen LogP contribution in [0.25, 0.3) is 0 Å². The number of allylic oxidation sites excluding steroid dienone is 2. The third-order valence-electron chi connectivity index (χ3n) is 1.55. The lowest BCUT2D eigenvalue weighted by Gasteiger charge is -2.01. The largest absolute Gasteiger partial charge is 0.303 e. The number of hydrogen-bond donors (Lipinski definition) is 0. The summed E-state index contributed by atoms with van der Waals surface area (Å²) < 4.78 is 0. The third-order valence-corrected chi connectivity index (χ3v) is 1.55. The van der Waals surface area contributed by atoms with Crippen LogP contribution >= 0.6 is 0 Å². The van der Waals surface area contributed by atoms with Gasteiger partial charge in [-0.05, 0) is 24.8 Å². The zero-order valence-corrected chi connectivity index (χ0v) is 7.13. The summed E-state index contributed by atoms with van der Waals surface area (Å²) in [6, 6.07) is 0. The first-order valence-electron chi connectivity index (χ1n) is 3.77. The molecule has 0 aliphatic heterocycles. The van der Waals surface area contributed by atoms with Crippen LogP contribution in [0.3, 0.4) is 0 Å². The van der Waals surface area contributed by atoms with Crippen molar-refractivity contribution in [1.82, 2.24) is 0 Å². The fourth-order valence-electron chi connectivity index (χ4n) is 0.697. The van der Waals surface area contributed by atoms with Crippen LogP contribution in [-0.2, 0) is 4.79 Å². The van der Waals surface area contributed by atoms with Gasteiger partial charge in [0.15, 0.2) is 0 Å². The molecule has 0 bridgehead atoms. The minimum atomic E-state index is 0.413. The lowest BCUT2D eigenvalue weighted by molar-refractivity contribution is -0.108. The first-order valence-corrected chi connectivity index (χ1v) is 3.77. The topological polar surface area (TPSA) is 17.1 Å². The first kappa shape index (κ1) is 9.97. The molecule has 0 fully saturated rings. The van der Waals surface area contributed by atoms with Gasteiger partial charge in [-0.1, -0.05) is 18.9 Å². The zero-order valence-electron chi connectivity index (χ0n) is 7.13. The summed E-state index contributed by atoms with van der Waals surface area (Å²) in [5.41, 5.74) is 0.947. The van der Waals surface area contributed by atoms with Gasteiger partial charge in [0.2, 0.25) is 0 Å². The van der Waals surface area contributed by atoms with E-state index in [1.54, 1.807) is 0 Å². The molecule has 11 heavy (non-hydrogen) atoms. The molecule has 0 rings (SSSR count). The molecule has 0 saturated carbocycles. The van der Waals surface area contributed by atoms with Gasteiger partial charge in [-0.3, -0.25) is 0 Å². The van der Waals surface area contributed by atoms with Crippen LogP contribution in [0.2, 0.25) is 0 Å². The maximum atomic E-state index is 10.1. The van der Waals surface area contributed by atoms with Crippen LogP contribution < -0.4 is 0 Å². The molecular formula is C10H14O. The number of hydrogen-bond acceptors (Lipinski definition) is 1. The van der Waals surface area contributed by atoms with Gasteiger partial charge in [-0.2, -0.15) is 0 Å². The Morgan fingerprint density at radius 2 is 2.27 bits per heavy atom. The molecule has 0 aromatic heterocycles. The average molecular weight is 150 g/mol. The van der Waals surface area contributed by atoms with E-state index in [9.17, 15) is 4.79 Å². The fraction of sp³-hybridized carbons (Fsp3) is 0.500. The van der Waals surface area contributed by atoms with Crippen LogP contribution in [0, 0.1) is 18.3 Å². The van der Waals surface area contributed by atoms with Crippen LogP contribution in [-0.4, -0.2) is 6.29 Å². The molecule has 1 heteroatoms. The Hall–Kier alpha value is -1.03. The Morgan fingerprint density at radius 1 is 1.64 bits per heavy atom. The van der Waals surface area contributed by atoms with Crippen molar-refractivity contribution in [2.45, 2.75) is 26.7 Å². The van der Waals surface area contributed by atoms with Crippen LogP contribution in [0.4, 0.5) is 0 Å². The second-order valence-corrected chi connectivity index (χ2v) is 2.77. The number of rotatable bonds is 4. The highest BCUT2D eigenvalue weighted by molar-refractivity contribution is 5.49. The summed E-state index contributed by atoms with van der Waals surface area (Å²) >= 11 is 0. The average Bonchev–Trinajstić information content (AvgIpc) is 2.01. The van der Waals surface area contributed by atoms with E-state index >= 15 is 0 Å². The van der Waals surface area contributed by atoms with E-state index in [4.69, 9.17) is 6.42 Å². The lowest BCUT2D eigenvalue weighted by Crippen LogP contribution is -1.92. The van der Waals surface area contributed by atoms with E-state index in [-0.39, 0.29) is 0 Å². The summed E-state index contributed by atoms with van der Waals surface area (Å²) in [5.74, 6) is 2.95. The molecule has 0 spiro atoms. The molecule has 0 saturated heterocycles. The highest BCUT2D eigenvalue weighted by Gasteiger charge is 1.97. The van der Waals surface area contributed by atoms with Crippen molar-refractivity contribution in [1.29, 1.82) is 0 Å². The summed E-state index contributed by atoms with van der Waals surface area (Å²) in [6.07, 6.45) is 9.60. The fourth-order valence-corrected chi connectivity index (χ4v) is 0.697. The molecule has 60 valence electrons. The van der Waals surface area contributed by atoms with Crippen molar-refractivity contribution in [3.8, 4) is 12.3 Å². The second-order valence-electron chi connectivity index (χ2n) is 2.77. The minimum absolute atomic E-state index is 0.413. The number of carbonyl (C=O) groups excluding carboxylic acids is 1. The molecule has 0 heterocycles. The maximum absolute atomic E-state index is 10.1. The van der Waals surface area contributed by atoms with Crippen molar-refractivity contribution < 1.29 is 4.79 Å². The van der Waals surface area contributed by atoms with Crippen molar-refractivity contribution in [3.05, 3.63) is 11.6 Å². The summed E-state index contributed by atoms with van der Waals surface area (Å²) in [7, 11) is 0. The highest BCUT2D eigenvalue weighted by atomic mass is 16.1. The molecule has 0 aliphatic carbocycles. The van der Waals surface area contributed by atoms with E-state index in [1.165, 1.54) is 0 Å². The Labute approximate surface area is 68.5 Å². The van der Waals surface area contributed by atoms with E-state index in [0.717, 1.165) is 18.3 Å². The van der Waals surface area contributed by atoms with Crippen LogP contribution in [0.1, 0.15) is 26.7 Å². The second kappa shape index (κ2) is 5.73. The first-order chi connectivity index (χ1) is 5.20. The SMILES string of the molecule is C#C/C(C)=C/CC(C)CC=O. The lowest BCUT2D eigenvalue weighted by atomic mass is 10.0. The Kier molecular flexibility index (Phi) is 5.20. The molecule has 1 atom stereocenters. The normalized spacial score (nSPS) is 13.7. The molecule has 1 nitrogen and oxygen atoms in total. The number of carbonyl (C=O) groups is 1. The molecule has 0 amide bonds. The molecule has 0 radical (unpaired) electrons. The monoisotopic (exact) mass is 150 g/mol. The molecule has 0 aliphatic rings. The Morgan fingerprint density at radius 3 is 2.73 bits per heavy atom. The van der Waals surface area contributed by atoms with Gasteiger partial charge in [0.25, 0.3) is 0 Å². The van der Waals surface area contributed by atoms with Gasteiger partial charge in [-0.25, -0.2) is 0 Å². The summed E-state index contributed by atoms with van der Waals surface area (Å²) in [5, 5.41) is 0. The van der Waals surface area contributed by atoms with E-state index < -0.39 is 0 Å². The quantitative estimate of drug-likeness (QED) is 0.443. The smallest absolute Gasteiger partial charge is 0.120 e. The van der Waals surface area contributed by atoms with Crippen LogP contribution in [0.5, 0.6) is 0 Å². The number of terminal acetylenes is 1. The molecule has 1 unspecified atom stereocenters. The van der Waals surface area contributed by atoms with Gasteiger partial charge >= 0.3 is 0 Å². The molecule has 0 aromatic carbocycles. The molecular weight excluding hydrogens is 136 g/mol. The van der Waals surface area contributed by atoms with Crippen molar-refractivity contribution >= 4 is 6.29 Å². The maximum Gasteiger partial charge on any atom is 0.120 e. The summed E-state index contributed by atoms with van der Waals surface area (Å²) in [4.78, 5) is 10.1. The molecule has 0 aromatic rings.